The van der Waals surface area contributed by atoms with E-state index in [1.807, 2.05) is 24.3 Å². The van der Waals surface area contributed by atoms with Crippen molar-refractivity contribution in [3.05, 3.63) is 64.4 Å². The van der Waals surface area contributed by atoms with Crippen LogP contribution < -0.4 is 4.90 Å². The van der Waals surface area contributed by atoms with Crippen molar-refractivity contribution in [2.45, 2.75) is 13.5 Å². The number of rotatable bonds is 4. The first-order valence-electron chi connectivity index (χ1n) is 6.32. The standard InChI is InChI=1S/C16H14Cl2N2O/c1-3-12-6-4-5-7-15(12)20(11(2)21)10-13-9-19-16(18)8-14(13)17/h3-9H,1,10H2,2H3. The maximum Gasteiger partial charge on any atom is 0.224 e. The van der Waals surface area contributed by atoms with Crippen LogP contribution in [0.15, 0.2) is 43.1 Å². The number of carbonyl (C=O) groups excluding carboxylic acids is 1. The maximum atomic E-state index is 12.0. The lowest BCUT2D eigenvalue weighted by atomic mass is 10.1. The van der Waals surface area contributed by atoms with E-state index in [-0.39, 0.29) is 5.91 Å². The lowest BCUT2D eigenvalue weighted by molar-refractivity contribution is -0.116. The Labute approximate surface area is 133 Å². The summed E-state index contributed by atoms with van der Waals surface area (Å²) in [6.45, 7) is 5.61. The zero-order valence-electron chi connectivity index (χ0n) is 11.5. The third kappa shape index (κ3) is 3.63. The van der Waals surface area contributed by atoms with Crippen LogP contribution in [0.5, 0.6) is 0 Å². The van der Waals surface area contributed by atoms with Gasteiger partial charge in [-0.1, -0.05) is 54.1 Å². The van der Waals surface area contributed by atoms with Gasteiger partial charge < -0.3 is 4.90 Å². The molecule has 1 amide bonds. The SMILES string of the molecule is C=Cc1ccccc1N(Cc1cnc(Cl)cc1Cl)C(C)=O. The highest BCUT2D eigenvalue weighted by atomic mass is 35.5. The van der Waals surface area contributed by atoms with Gasteiger partial charge >= 0.3 is 0 Å². The fourth-order valence-corrected chi connectivity index (χ4v) is 2.42. The summed E-state index contributed by atoms with van der Waals surface area (Å²) >= 11 is 11.9. The second-order valence-electron chi connectivity index (χ2n) is 4.47. The van der Waals surface area contributed by atoms with Crippen LogP contribution in [0.4, 0.5) is 5.69 Å². The molecule has 0 atom stereocenters. The summed E-state index contributed by atoms with van der Waals surface area (Å²) in [7, 11) is 0. The van der Waals surface area contributed by atoms with Crippen LogP contribution in [0.25, 0.3) is 6.08 Å². The molecule has 1 heterocycles. The molecule has 0 saturated heterocycles. The highest BCUT2D eigenvalue weighted by Crippen LogP contribution is 2.26. The van der Waals surface area contributed by atoms with Crippen molar-refractivity contribution in [3.8, 4) is 0 Å². The van der Waals surface area contributed by atoms with Crippen LogP contribution >= 0.6 is 23.2 Å². The van der Waals surface area contributed by atoms with Gasteiger partial charge in [-0.05, 0) is 17.7 Å². The number of para-hydroxylation sites is 1. The van der Waals surface area contributed by atoms with E-state index in [1.165, 1.54) is 6.92 Å². The van der Waals surface area contributed by atoms with Crippen LogP contribution in [-0.4, -0.2) is 10.9 Å². The Morgan fingerprint density at radius 3 is 2.71 bits per heavy atom. The van der Waals surface area contributed by atoms with Crippen molar-refractivity contribution in [3.63, 3.8) is 0 Å². The van der Waals surface area contributed by atoms with E-state index in [9.17, 15) is 4.79 Å². The summed E-state index contributed by atoms with van der Waals surface area (Å²) in [5.41, 5.74) is 2.40. The minimum atomic E-state index is -0.0877. The summed E-state index contributed by atoms with van der Waals surface area (Å²) in [6, 6.07) is 9.11. The number of benzene rings is 1. The molecule has 1 aromatic carbocycles. The van der Waals surface area contributed by atoms with E-state index in [2.05, 4.69) is 11.6 Å². The van der Waals surface area contributed by atoms with Crippen molar-refractivity contribution in [1.29, 1.82) is 0 Å². The second-order valence-corrected chi connectivity index (χ2v) is 5.26. The Kier molecular flexibility index (Phi) is 4.99. The molecule has 0 bridgehead atoms. The van der Waals surface area contributed by atoms with Crippen LogP contribution in [0.3, 0.4) is 0 Å². The molecule has 0 saturated carbocycles. The molecule has 0 aliphatic heterocycles. The fraction of sp³-hybridized carbons (Fsp3) is 0.125. The molecule has 21 heavy (non-hydrogen) atoms. The Morgan fingerprint density at radius 2 is 2.10 bits per heavy atom. The van der Waals surface area contributed by atoms with Gasteiger partial charge in [0.05, 0.1) is 17.3 Å². The third-order valence-corrected chi connectivity index (χ3v) is 3.61. The molecule has 108 valence electrons. The summed E-state index contributed by atoms with van der Waals surface area (Å²) in [5, 5.41) is 0.807. The molecule has 0 spiro atoms. The number of hydrogen-bond donors (Lipinski definition) is 0. The number of amides is 1. The Bertz CT molecular complexity index is 686. The molecular formula is C16H14Cl2N2O. The molecule has 2 rings (SSSR count). The lowest BCUT2D eigenvalue weighted by Crippen LogP contribution is -2.28. The van der Waals surface area contributed by atoms with E-state index >= 15 is 0 Å². The van der Waals surface area contributed by atoms with Gasteiger partial charge in [0, 0.05) is 18.7 Å². The Hall–Kier alpha value is -1.84. The van der Waals surface area contributed by atoms with Gasteiger partial charge in [-0.2, -0.15) is 0 Å². The molecule has 5 heteroatoms. The van der Waals surface area contributed by atoms with Crippen LogP contribution in [0, 0.1) is 0 Å². The quantitative estimate of drug-likeness (QED) is 0.772. The zero-order chi connectivity index (χ0) is 15.4. The predicted octanol–water partition coefficient (Wildman–Crippen LogP) is 4.58. The summed E-state index contributed by atoms with van der Waals surface area (Å²) in [5.74, 6) is -0.0877. The van der Waals surface area contributed by atoms with Gasteiger partial charge in [0.25, 0.3) is 0 Å². The summed E-state index contributed by atoms with van der Waals surface area (Å²) < 4.78 is 0. The molecule has 0 N–H and O–H groups in total. The number of aromatic nitrogens is 1. The largest absolute Gasteiger partial charge is 0.308 e. The molecule has 0 radical (unpaired) electrons. The first-order chi connectivity index (χ1) is 10.0. The minimum absolute atomic E-state index is 0.0877. The van der Waals surface area contributed by atoms with E-state index in [4.69, 9.17) is 23.2 Å². The zero-order valence-corrected chi connectivity index (χ0v) is 13.0. The van der Waals surface area contributed by atoms with Crippen molar-refractivity contribution in [2.75, 3.05) is 4.90 Å². The van der Waals surface area contributed by atoms with Crippen LogP contribution in [0.2, 0.25) is 10.2 Å². The van der Waals surface area contributed by atoms with Gasteiger partial charge in [-0.25, -0.2) is 4.98 Å². The molecule has 0 aliphatic carbocycles. The highest BCUT2D eigenvalue weighted by molar-refractivity contribution is 6.34. The predicted molar refractivity (Wildman–Crippen MR) is 87.7 cm³/mol. The lowest BCUT2D eigenvalue weighted by Gasteiger charge is -2.23. The van der Waals surface area contributed by atoms with Crippen LogP contribution in [0.1, 0.15) is 18.1 Å². The molecule has 0 unspecified atom stereocenters. The molecule has 3 nitrogen and oxygen atoms in total. The van der Waals surface area contributed by atoms with E-state index < -0.39 is 0 Å². The molecule has 1 aromatic heterocycles. The van der Waals surface area contributed by atoms with Gasteiger partial charge in [-0.3, -0.25) is 4.79 Å². The van der Waals surface area contributed by atoms with Gasteiger partial charge in [0.2, 0.25) is 5.91 Å². The van der Waals surface area contributed by atoms with Crippen molar-refractivity contribution in [1.82, 2.24) is 4.98 Å². The smallest absolute Gasteiger partial charge is 0.224 e. The highest BCUT2D eigenvalue weighted by Gasteiger charge is 2.16. The van der Waals surface area contributed by atoms with Crippen LogP contribution in [-0.2, 0) is 11.3 Å². The fourth-order valence-electron chi connectivity index (χ4n) is 1.99. The Balaban J connectivity index is 2.40. The average molecular weight is 321 g/mol. The van der Waals surface area contributed by atoms with E-state index in [0.29, 0.717) is 16.7 Å². The molecule has 0 aliphatic rings. The second kappa shape index (κ2) is 6.74. The third-order valence-electron chi connectivity index (χ3n) is 3.05. The van der Waals surface area contributed by atoms with Gasteiger partial charge in [0.15, 0.2) is 0 Å². The van der Waals surface area contributed by atoms with Gasteiger partial charge in [0.1, 0.15) is 5.15 Å². The number of anilines is 1. The molecule has 0 fully saturated rings. The Morgan fingerprint density at radius 1 is 1.38 bits per heavy atom. The van der Waals surface area contributed by atoms with Crippen molar-refractivity contribution < 1.29 is 4.79 Å². The first-order valence-corrected chi connectivity index (χ1v) is 7.08. The summed E-state index contributed by atoms with van der Waals surface area (Å²) in [4.78, 5) is 17.6. The molecule has 2 aromatic rings. The normalized spacial score (nSPS) is 10.2. The minimum Gasteiger partial charge on any atom is -0.308 e. The first kappa shape index (κ1) is 15.5. The monoisotopic (exact) mass is 320 g/mol. The van der Waals surface area contributed by atoms with Crippen molar-refractivity contribution >= 4 is 40.9 Å². The average Bonchev–Trinajstić information content (AvgIpc) is 2.46. The maximum absolute atomic E-state index is 12.0. The number of nitrogens with zero attached hydrogens (tertiary/aromatic N) is 2. The van der Waals surface area contributed by atoms with Crippen molar-refractivity contribution in [2.24, 2.45) is 0 Å². The topological polar surface area (TPSA) is 33.2 Å². The summed E-state index contributed by atoms with van der Waals surface area (Å²) in [6.07, 6.45) is 3.30. The van der Waals surface area contributed by atoms with E-state index in [1.54, 1.807) is 23.2 Å². The number of carbonyl (C=O) groups is 1. The van der Waals surface area contributed by atoms with Gasteiger partial charge in [-0.15, -0.1) is 0 Å². The molecular weight excluding hydrogens is 307 g/mol. The number of pyridine rings is 1. The van der Waals surface area contributed by atoms with E-state index in [0.717, 1.165) is 16.8 Å². The number of halogens is 2. The number of hydrogen-bond acceptors (Lipinski definition) is 2.